The number of fused-ring (bicyclic) bond motifs is 1. The van der Waals surface area contributed by atoms with Crippen molar-refractivity contribution in [2.75, 3.05) is 0 Å². The van der Waals surface area contributed by atoms with Crippen LogP contribution in [0.15, 0.2) is 42.7 Å². The van der Waals surface area contributed by atoms with E-state index in [9.17, 15) is 0 Å². The van der Waals surface area contributed by atoms with Gasteiger partial charge in [-0.1, -0.05) is 0 Å². The molecule has 0 saturated carbocycles. The Morgan fingerprint density at radius 1 is 1.22 bits per heavy atom. The first-order valence-electron chi connectivity index (χ1n) is 5.80. The highest BCUT2D eigenvalue weighted by Gasteiger charge is 2.00. The lowest BCUT2D eigenvalue weighted by atomic mass is 10.2. The van der Waals surface area contributed by atoms with Crippen molar-refractivity contribution in [2.24, 2.45) is 0 Å². The molecule has 90 valence electrons. The van der Waals surface area contributed by atoms with E-state index in [-0.39, 0.29) is 0 Å². The molecule has 4 heteroatoms. The summed E-state index contributed by atoms with van der Waals surface area (Å²) in [4.78, 5) is 11.5. The number of H-pyrrole nitrogens is 1. The van der Waals surface area contributed by atoms with E-state index in [1.807, 2.05) is 43.5 Å². The number of ether oxygens (including phenoxy) is 1. The Kier molecular flexibility index (Phi) is 2.68. The summed E-state index contributed by atoms with van der Waals surface area (Å²) in [5.74, 6) is 1.61. The number of aromatic nitrogens is 3. The summed E-state index contributed by atoms with van der Waals surface area (Å²) in [6.45, 7) is 2.33. The fraction of sp³-hybridized carbons (Fsp3) is 0.143. The van der Waals surface area contributed by atoms with E-state index in [1.54, 1.807) is 6.20 Å². The lowest BCUT2D eigenvalue weighted by molar-refractivity contribution is 0.301. The number of nitrogens with one attached hydrogen (secondary N) is 1. The Morgan fingerprint density at radius 2 is 2.17 bits per heavy atom. The molecule has 0 atom stereocenters. The van der Waals surface area contributed by atoms with E-state index in [0.29, 0.717) is 6.61 Å². The van der Waals surface area contributed by atoms with Gasteiger partial charge in [-0.3, -0.25) is 0 Å². The van der Waals surface area contributed by atoms with Gasteiger partial charge >= 0.3 is 0 Å². The van der Waals surface area contributed by atoms with Gasteiger partial charge in [0.15, 0.2) is 0 Å². The molecular formula is C14H13N3O. The molecule has 0 amide bonds. The van der Waals surface area contributed by atoms with Crippen molar-refractivity contribution < 1.29 is 4.74 Å². The van der Waals surface area contributed by atoms with Gasteiger partial charge in [0.25, 0.3) is 0 Å². The van der Waals surface area contributed by atoms with Crippen LogP contribution < -0.4 is 4.74 Å². The second kappa shape index (κ2) is 4.49. The van der Waals surface area contributed by atoms with Gasteiger partial charge in [0.1, 0.15) is 18.2 Å². The Labute approximate surface area is 105 Å². The van der Waals surface area contributed by atoms with Crippen LogP contribution in [0.3, 0.4) is 0 Å². The number of nitrogens with zero attached hydrogens (tertiary/aromatic N) is 2. The molecule has 18 heavy (non-hydrogen) atoms. The third-order valence-corrected chi connectivity index (χ3v) is 2.75. The maximum atomic E-state index is 5.72. The van der Waals surface area contributed by atoms with Crippen molar-refractivity contribution in [3.05, 3.63) is 54.2 Å². The molecule has 0 aliphatic rings. The standard InChI is InChI=1S/C14H13N3O/c1-10-15-7-5-12(17-10)9-18-13-2-3-14-11(8-13)4-6-16-14/h2-8,16H,9H2,1H3. The molecule has 0 spiro atoms. The molecule has 0 saturated heterocycles. The maximum absolute atomic E-state index is 5.72. The first-order valence-corrected chi connectivity index (χ1v) is 5.80. The molecule has 0 fully saturated rings. The van der Waals surface area contributed by atoms with Gasteiger partial charge < -0.3 is 9.72 Å². The quantitative estimate of drug-likeness (QED) is 0.764. The predicted octanol–water partition coefficient (Wildman–Crippen LogP) is 2.85. The monoisotopic (exact) mass is 239 g/mol. The predicted molar refractivity (Wildman–Crippen MR) is 69.4 cm³/mol. The number of benzene rings is 1. The highest BCUT2D eigenvalue weighted by Crippen LogP contribution is 2.20. The number of rotatable bonds is 3. The lowest BCUT2D eigenvalue weighted by Gasteiger charge is -2.06. The third-order valence-electron chi connectivity index (χ3n) is 2.75. The molecule has 3 aromatic rings. The maximum Gasteiger partial charge on any atom is 0.130 e. The van der Waals surface area contributed by atoms with Crippen LogP contribution in [0, 0.1) is 6.92 Å². The highest BCUT2D eigenvalue weighted by atomic mass is 16.5. The van der Waals surface area contributed by atoms with Crippen molar-refractivity contribution in [3.63, 3.8) is 0 Å². The number of hydrogen-bond donors (Lipinski definition) is 1. The van der Waals surface area contributed by atoms with Crippen LogP contribution in [-0.2, 0) is 6.61 Å². The zero-order valence-electron chi connectivity index (χ0n) is 10.1. The SMILES string of the molecule is Cc1nccc(COc2ccc3[nH]ccc3c2)n1. The molecule has 0 radical (unpaired) electrons. The van der Waals surface area contributed by atoms with Crippen LogP contribution in [0.25, 0.3) is 10.9 Å². The van der Waals surface area contributed by atoms with E-state index in [2.05, 4.69) is 15.0 Å². The van der Waals surface area contributed by atoms with Crippen molar-refractivity contribution in [2.45, 2.75) is 13.5 Å². The highest BCUT2D eigenvalue weighted by molar-refractivity contribution is 5.80. The third kappa shape index (κ3) is 2.18. The van der Waals surface area contributed by atoms with E-state index in [1.165, 1.54) is 0 Å². The Balaban J connectivity index is 1.76. The largest absolute Gasteiger partial charge is 0.487 e. The minimum Gasteiger partial charge on any atom is -0.487 e. The smallest absolute Gasteiger partial charge is 0.130 e. The number of hydrogen-bond acceptors (Lipinski definition) is 3. The van der Waals surface area contributed by atoms with Crippen molar-refractivity contribution in [3.8, 4) is 5.75 Å². The van der Waals surface area contributed by atoms with Gasteiger partial charge in [-0.15, -0.1) is 0 Å². The summed E-state index contributed by atoms with van der Waals surface area (Å²) in [5, 5.41) is 1.14. The lowest BCUT2D eigenvalue weighted by Crippen LogP contribution is -2.00. The Hall–Kier alpha value is -2.36. The fourth-order valence-electron chi connectivity index (χ4n) is 1.86. The molecule has 1 aromatic carbocycles. The Morgan fingerprint density at radius 3 is 3.06 bits per heavy atom. The summed E-state index contributed by atoms with van der Waals surface area (Å²) in [6, 6.07) is 9.86. The van der Waals surface area contributed by atoms with Crippen LogP contribution in [0.2, 0.25) is 0 Å². The number of aryl methyl sites for hydroxylation is 1. The first kappa shape index (κ1) is 10.8. The minimum atomic E-state index is 0.458. The summed E-state index contributed by atoms with van der Waals surface area (Å²) >= 11 is 0. The van der Waals surface area contributed by atoms with Gasteiger partial charge in [0.05, 0.1) is 5.69 Å². The van der Waals surface area contributed by atoms with E-state index in [0.717, 1.165) is 28.2 Å². The molecule has 4 nitrogen and oxygen atoms in total. The topological polar surface area (TPSA) is 50.8 Å². The van der Waals surface area contributed by atoms with Crippen LogP contribution in [0.4, 0.5) is 0 Å². The van der Waals surface area contributed by atoms with Crippen molar-refractivity contribution in [1.82, 2.24) is 15.0 Å². The Bertz CT molecular complexity index is 675. The summed E-state index contributed by atoms with van der Waals surface area (Å²) in [5.41, 5.74) is 2.00. The molecule has 3 rings (SSSR count). The van der Waals surface area contributed by atoms with E-state index in [4.69, 9.17) is 4.74 Å². The van der Waals surface area contributed by atoms with Crippen LogP contribution >= 0.6 is 0 Å². The van der Waals surface area contributed by atoms with Gasteiger partial charge in [-0.05, 0) is 37.3 Å². The fourth-order valence-corrected chi connectivity index (χ4v) is 1.86. The molecule has 0 bridgehead atoms. The minimum absolute atomic E-state index is 0.458. The number of aromatic amines is 1. The molecule has 0 unspecified atom stereocenters. The molecule has 0 aliphatic heterocycles. The molecule has 1 N–H and O–H groups in total. The van der Waals surface area contributed by atoms with Crippen molar-refractivity contribution >= 4 is 10.9 Å². The molecular weight excluding hydrogens is 226 g/mol. The van der Waals surface area contributed by atoms with Crippen molar-refractivity contribution in [1.29, 1.82) is 0 Å². The second-order valence-corrected chi connectivity index (χ2v) is 4.11. The van der Waals surface area contributed by atoms with Crippen LogP contribution in [0.1, 0.15) is 11.5 Å². The molecule has 2 aromatic heterocycles. The molecule has 0 aliphatic carbocycles. The average Bonchev–Trinajstić information content (AvgIpc) is 2.84. The van der Waals surface area contributed by atoms with Gasteiger partial charge in [0, 0.05) is 23.3 Å². The normalized spacial score (nSPS) is 10.7. The van der Waals surface area contributed by atoms with Gasteiger partial charge in [-0.25, -0.2) is 9.97 Å². The summed E-state index contributed by atoms with van der Waals surface area (Å²) in [6.07, 6.45) is 3.67. The van der Waals surface area contributed by atoms with E-state index >= 15 is 0 Å². The molecule has 2 heterocycles. The van der Waals surface area contributed by atoms with Gasteiger partial charge in [0.2, 0.25) is 0 Å². The van der Waals surface area contributed by atoms with E-state index < -0.39 is 0 Å². The van der Waals surface area contributed by atoms with Gasteiger partial charge in [-0.2, -0.15) is 0 Å². The van der Waals surface area contributed by atoms with Crippen LogP contribution in [-0.4, -0.2) is 15.0 Å². The first-order chi connectivity index (χ1) is 8.81. The summed E-state index contributed by atoms with van der Waals surface area (Å²) < 4.78 is 5.72. The zero-order valence-corrected chi connectivity index (χ0v) is 10.1. The average molecular weight is 239 g/mol. The second-order valence-electron chi connectivity index (χ2n) is 4.11. The zero-order chi connectivity index (χ0) is 12.4. The van der Waals surface area contributed by atoms with Crippen LogP contribution in [0.5, 0.6) is 5.75 Å². The summed E-state index contributed by atoms with van der Waals surface area (Å²) in [7, 11) is 0.